The average Bonchev–Trinajstić information content (AvgIpc) is 4.05. The number of carbonyl (C=O) groups is 6. The summed E-state index contributed by atoms with van der Waals surface area (Å²) in [5.41, 5.74) is 4.63. The molecule has 0 saturated carbocycles. The number of rotatable bonds is 14. The quantitative estimate of drug-likeness (QED) is 0.0939. The molecular formula is C51H57N5O8. The molecule has 1 aromatic heterocycles. The number of alkyl carbamates (subject to hydrolysis) is 1. The van der Waals surface area contributed by atoms with Crippen molar-refractivity contribution in [1.82, 2.24) is 20.1 Å². The molecule has 2 aliphatic heterocycles. The standard InChI is InChI=1S/C51H57N5O8/c1-32(2)63-50(62)54-46(36-16-10-7-11-17-36)49(61)55-26-12-18-42(55)44(57)29-33-20-25-40-37(28-33)30-41(53-40)35-21-23-38(24-22-35)52-47(59)43-19-13-27-56(43)48(60)39(34-14-8-6-9-15-34)31-45(58)64-51(3,4)5/h6-11,14-17,20-25,28,30,32,39,42-43,46,53H,12-13,18-19,26-27,29,31H2,1-5H3,(H,52,59)(H,54,62)/t39-,42+,43+,46-/m1/s1. The molecule has 4 atom stereocenters. The zero-order valence-electron chi connectivity index (χ0n) is 37.1. The van der Waals surface area contributed by atoms with E-state index in [2.05, 4.69) is 15.6 Å². The van der Waals surface area contributed by atoms with Crippen LogP contribution in [-0.4, -0.2) is 87.2 Å². The topological polar surface area (TPSA) is 167 Å². The molecule has 13 nitrogen and oxygen atoms in total. The van der Waals surface area contributed by atoms with Crippen molar-refractivity contribution in [2.45, 2.75) is 109 Å². The summed E-state index contributed by atoms with van der Waals surface area (Å²) < 4.78 is 10.9. The number of carbonyl (C=O) groups excluding carboxylic acids is 6. The number of hydrogen-bond acceptors (Lipinski definition) is 8. The third-order valence-corrected chi connectivity index (χ3v) is 11.5. The summed E-state index contributed by atoms with van der Waals surface area (Å²) in [4.78, 5) is 87.8. The molecule has 0 unspecified atom stereocenters. The molecule has 334 valence electrons. The Kier molecular flexibility index (Phi) is 14.0. The van der Waals surface area contributed by atoms with Crippen LogP contribution in [-0.2, 0) is 39.9 Å². The zero-order valence-corrected chi connectivity index (χ0v) is 37.1. The summed E-state index contributed by atoms with van der Waals surface area (Å²) in [5, 5.41) is 6.64. The second-order valence-electron chi connectivity index (χ2n) is 17.9. The van der Waals surface area contributed by atoms with Gasteiger partial charge in [-0.05, 0) is 113 Å². The van der Waals surface area contributed by atoms with Crippen molar-refractivity contribution in [1.29, 1.82) is 0 Å². The van der Waals surface area contributed by atoms with Gasteiger partial charge < -0.3 is 34.9 Å². The smallest absolute Gasteiger partial charge is 0.408 e. The van der Waals surface area contributed by atoms with E-state index in [-0.39, 0.29) is 42.5 Å². The van der Waals surface area contributed by atoms with E-state index >= 15 is 0 Å². The van der Waals surface area contributed by atoms with Gasteiger partial charge >= 0.3 is 12.1 Å². The van der Waals surface area contributed by atoms with Crippen LogP contribution in [0.3, 0.4) is 0 Å². The normalized spacial score (nSPS) is 17.2. The second-order valence-corrected chi connectivity index (χ2v) is 17.9. The van der Waals surface area contributed by atoms with Gasteiger partial charge in [-0.15, -0.1) is 0 Å². The van der Waals surface area contributed by atoms with Crippen LogP contribution in [0.4, 0.5) is 10.5 Å². The van der Waals surface area contributed by atoms with Crippen molar-refractivity contribution in [3.05, 3.63) is 126 Å². The van der Waals surface area contributed by atoms with Crippen molar-refractivity contribution < 1.29 is 38.2 Å². The number of hydrogen-bond donors (Lipinski definition) is 3. The van der Waals surface area contributed by atoms with Crippen molar-refractivity contribution in [3.8, 4) is 11.3 Å². The number of fused-ring (bicyclic) bond motifs is 1. The van der Waals surface area contributed by atoms with E-state index in [9.17, 15) is 28.8 Å². The number of esters is 1. The number of amides is 4. The maximum atomic E-state index is 14.1. The molecule has 7 rings (SSSR count). The van der Waals surface area contributed by atoms with Gasteiger partial charge in [0.05, 0.1) is 24.5 Å². The number of benzene rings is 4. The number of nitrogens with one attached hydrogen (secondary N) is 3. The lowest BCUT2D eigenvalue weighted by atomic mass is 9.93. The Labute approximate surface area is 373 Å². The van der Waals surface area contributed by atoms with Crippen LogP contribution in [0.25, 0.3) is 22.2 Å². The van der Waals surface area contributed by atoms with Gasteiger partial charge in [-0.1, -0.05) is 78.9 Å². The first kappa shape index (κ1) is 45.3. The number of likely N-dealkylation sites (tertiary alicyclic amines) is 2. The van der Waals surface area contributed by atoms with Crippen molar-refractivity contribution in [2.75, 3.05) is 18.4 Å². The molecule has 0 spiro atoms. The predicted octanol–water partition coefficient (Wildman–Crippen LogP) is 8.26. The summed E-state index contributed by atoms with van der Waals surface area (Å²) in [6.07, 6.45) is 1.33. The van der Waals surface area contributed by atoms with E-state index in [1.54, 1.807) is 68.7 Å². The van der Waals surface area contributed by atoms with Crippen molar-refractivity contribution in [2.24, 2.45) is 0 Å². The third kappa shape index (κ3) is 11.1. The second kappa shape index (κ2) is 19.7. The van der Waals surface area contributed by atoms with Crippen LogP contribution in [0, 0.1) is 0 Å². The Balaban J connectivity index is 0.987. The van der Waals surface area contributed by atoms with Gasteiger partial charge in [0.25, 0.3) is 5.91 Å². The van der Waals surface area contributed by atoms with E-state index in [0.717, 1.165) is 27.7 Å². The fourth-order valence-electron chi connectivity index (χ4n) is 8.64. The molecule has 2 saturated heterocycles. The first-order chi connectivity index (χ1) is 30.6. The largest absolute Gasteiger partial charge is 0.460 e. The lowest BCUT2D eigenvalue weighted by molar-refractivity contribution is -0.157. The highest BCUT2D eigenvalue weighted by Crippen LogP contribution is 2.31. The number of anilines is 1. The van der Waals surface area contributed by atoms with Gasteiger partial charge in [-0.25, -0.2) is 4.79 Å². The number of aromatic amines is 1. The van der Waals surface area contributed by atoms with Gasteiger partial charge in [0.1, 0.15) is 17.7 Å². The van der Waals surface area contributed by atoms with Gasteiger partial charge in [0.2, 0.25) is 11.8 Å². The average molecular weight is 868 g/mol. The molecule has 4 amide bonds. The molecule has 2 fully saturated rings. The number of ketones is 1. The number of Topliss-reactive ketones (excluding diaryl/α,β-unsaturated/α-hetero) is 1. The summed E-state index contributed by atoms with van der Waals surface area (Å²) in [5.74, 6) is -2.25. The minimum Gasteiger partial charge on any atom is -0.460 e. The van der Waals surface area contributed by atoms with Crippen LogP contribution in [0.5, 0.6) is 0 Å². The van der Waals surface area contributed by atoms with Crippen LogP contribution in [0.1, 0.15) is 95.4 Å². The van der Waals surface area contributed by atoms with Crippen LogP contribution in [0.15, 0.2) is 109 Å². The molecule has 4 aromatic carbocycles. The maximum Gasteiger partial charge on any atom is 0.408 e. The highest BCUT2D eigenvalue weighted by molar-refractivity contribution is 5.99. The Morgan fingerprint density at radius 2 is 1.38 bits per heavy atom. The molecule has 64 heavy (non-hydrogen) atoms. The Hall–Kier alpha value is -6.76. The Morgan fingerprint density at radius 3 is 2.02 bits per heavy atom. The summed E-state index contributed by atoms with van der Waals surface area (Å²) in [7, 11) is 0. The number of aromatic nitrogens is 1. The third-order valence-electron chi connectivity index (χ3n) is 11.5. The fourth-order valence-corrected chi connectivity index (χ4v) is 8.64. The number of ether oxygens (including phenoxy) is 2. The van der Waals surface area contributed by atoms with Crippen LogP contribution in [0.2, 0.25) is 0 Å². The molecule has 3 N–H and O–H groups in total. The van der Waals surface area contributed by atoms with Crippen LogP contribution >= 0.6 is 0 Å². The van der Waals surface area contributed by atoms with Gasteiger partial charge in [0.15, 0.2) is 5.78 Å². The van der Waals surface area contributed by atoms with E-state index in [1.165, 1.54) is 0 Å². The molecule has 2 aliphatic rings. The van der Waals surface area contributed by atoms with E-state index in [0.29, 0.717) is 55.6 Å². The molecule has 0 radical (unpaired) electrons. The van der Waals surface area contributed by atoms with E-state index < -0.39 is 41.7 Å². The molecule has 13 heteroatoms. The number of H-pyrrole nitrogens is 1. The molecule has 3 heterocycles. The predicted molar refractivity (Wildman–Crippen MR) is 244 cm³/mol. The first-order valence-electron chi connectivity index (χ1n) is 22.1. The Morgan fingerprint density at radius 1 is 0.750 bits per heavy atom. The van der Waals surface area contributed by atoms with Gasteiger partial charge in [-0.2, -0.15) is 0 Å². The molecule has 0 aliphatic carbocycles. The Bertz CT molecular complexity index is 2480. The minimum atomic E-state index is -0.995. The summed E-state index contributed by atoms with van der Waals surface area (Å²) >= 11 is 0. The highest BCUT2D eigenvalue weighted by Gasteiger charge is 2.40. The SMILES string of the molecule is CC(C)OC(=O)N[C@@H](C(=O)N1CCC[C@H]1C(=O)Cc1ccc2[nH]c(-c3ccc(NC(=O)[C@@H]4CCCN4C(=O)[C@H](CC(=O)OC(C)(C)C)c4ccccc4)cc3)cc2c1)c1ccccc1. The lowest BCUT2D eigenvalue weighted by Crippen LogP contribution is -2.48. The monoisotopic (exact) mass is 867 g/mol. The van der Waals surface area contributed by atoms with E-state index in [4.69, 9.17) is 9.47 Å². The number of nitrogens with zero attached hydrogens (tertiary/aromatic N) is 2. The fraction of sp³-hybridized carbons (Fsp3) is 0.373. The van der Waals surface area contributed by atoms with Crippen molar-refractivity contribution in [3.63, 3.8) is 0 Å². The lowest BCUT2D eigenvalue weighted by Gasteiger charge is -2.29. The van der Waals surface area contributed by atoms with E-state index in [1.807, 2.05) is 84.9 Å². The molecule has 5 aromatic rings. The maximum absolute atomic E-state index is 14.1. The van der Waals surface area contributed by atoms with Gasteiger partial charge in [0, 0.05) is 41.8 Å². The minimum absolute atomic E-state index is 0.0722. The zero-order chi connectivity index (χ0) is 45.5. The first-order valence-corrected chi connectivity index (χ1v) is 22.1. The summed E-state index contributed by atoms with van der Waals surface area (Å²) in [6, 6.07) is 31.1. The molecule has 0 bridgehead atoms. The summed E-state index contributed by atoms with van der Waals surface area (Å²) in [6.45, 7) is 9.65. The van der Waals surface area contributed by atoms with Crippen molar-refractivity contribution >= 4 is 52.2 Å². The van der Waals surface area contributed by atoms with Crippen LogP contribution < -0.4 is 10.6 Å². The molecular weight excluding hydrogens is 811 g/mol. The highest BCUT2D eigenvalue weighted by atomic mass is 16.6. The van der Waals surface area contributed by atoms with Gasteiger partial charge in [-0.3, -0.25) is 24.0 Å².